The van der Waals surface area contributed by atoms with Crippen molar-refractivity contribution in [2.45, 2.75) is 52.5 Å². The number of hydrogen-bond donors (Lipinski definition) is 1. The average molecular weight is 473 g/mol. The van der Waals surface area contributed by atoms with Gasteiger partial charge in [0.05, 0.1) is 17.4 Å². The Morgan fingerprint density at radius 1 is 1.18 bits per heavy atom. The minimum atomic E-state index is -0.363. The molecule has 34 heavy (non-hydrogen) atoms. The summed E-state index contributed by atoms with van der Waals surface area (Å²) in [6, 6.07) is 8.30. The van der Waals surface area contributed by atoms with Gasteiger partial charge in [-0.1, -0.05) is 12.5 Å². The molecule has 0 saturated carbocycles. The minimum Gasteiger partial charge on any atom is -0.315 e. The summed E-state index contributed by atoms with van der Waals surface area (Å²) < 4.78 is 2.91. The molecule has 5 rings (SSSR count). The zero-order valence-electron chi connectivity index (χ0n) is 19.1. The Labute approximate surface area is 200 Å². The van der Waals surface area contributed by atoms with Crippen LogP contribution in [0, 0.1) is 25.2 Å². The van der Waals surface area contributed by atoms with E-state index >= 15 is 0 Å². The Kier molecular flexibility index (Phi) is 5.75. The van der Waals surface area contributed by atoms with Crippen LogP contribution in [0.4, 0.5) is 5.00 Å². The van der Waals surface area contributed by atoms with Gasteiger partial charge in [-0.3, -0.25) is 14.2 Å². The third-order valence-corrected chi connectivity index (χ3v) is 7.31. The van der Waals surface area contributed by atoms with Crippen molar-refractivity contribution in [3.05, 3.63) is 68.2 Å². The number of thiophene rings is 1. The molecule has 1 aromatic carbocycles. The van der Waals surface area contributed by atoms with Crippen molar-refractivity contribution in [2.24, 2.45) is 0 Å². The van der Waals surface area contributed by atoms with Gasteiger partial charge >= 0.3 is 0 Å². The summed E-state index contributed by atoms with van der Waals surface area (Å²) in [5.41, 5.74) is 4.75. The van der Waals surface area contributed by atoms with Gasteiger partial charge in [0.25, 0.3) is 5.56 Å². The van der Waals surface area contributed by atoms with Gasteiger partial charge in [0, 0.05) is 4.88 Å². The average Bonchev–Trinajstić information content (AvgIpc) is 3.29. The van der Waals surface area contributed by atoms with Crippen molar-refractivity contribution in [2.75, 3.05) is 5.32 Å². The number of nitrogens with one attached hydrogen (secondary N) is 1. The van der Waals surface area contributed by atoms with Crippen molar-refractivity contribution in [1.29, 1.82) is 5.26 Å². The molecule has 0 saturated heterocycles. The lowest BCUT2D eigenvalue weighted by atomic mass is 10.1. The van der Waals surface area contributed by atoms with Crippen LogP contribution in [0.1, 0.15) is 46.4 Å². The van der Waals surface area contributed by atoms with E-state index in [0.29, 0.717) is 21.6 Å². The number of aryl methyl sites for hydroxylation is 3. The maximum absolute atomic E-state index is 13.1. The molecule has 1 N–H and O–H groups in total. The highest BCUT2D eigenvalue weighted by atomic mass is 32.1. The van der Waals surface area contributed by atoms with Crippen LogP contribution in [0.15, 0.2) is 35.5 Å². The number of nitrogens with zero attached hydrogens (tertiary/aromatic N) is 5. The molecule has 0 spiro atoms. The van der Waals surface area contributed by atoms with E-state index in [-0.39, 0.29) is 18.0 Å². The van der Waals surface area contributed by atoms with Crippen molar-refractivity contribution < 1.29 is 4.79 Å². The molecule has 0 aliphatic heterocycles. The monoisotopic (exact) mass is 472 g/mol. The van der Waals surface area contributed by atoms with Crippen molar-refractivity contribution in [3.8, 4) is 11.8 Å². The predicted octanol–water partition coefficient (Wildman–Crippen LogP) is 4.04. The van der Waals surface area contributed by atoms with Crippen LogP contribution in [0.25, 0.3) is 16.7 Å². The predicted molar refractivity (Wildman–Crippen MR) is 132 cm³/mol. The van der Waals surface area contributed by atoms with Gasteiger partial charge < -0.3 is 5.32 Å². The number of anilines is 1. The number of nitriles is 1. The lowest BCUT2D eigenvalue weighted by molar-refractivity contribution is -0.116. The molecule has 0 radical (unpaired) electrons. The Hall–Kier alpha value is -3.77. The molecule has 1 amide bonds. The number of aromatic nitrogens is 4. The van der Waals surface area contributed by atoms with Gasteiger partial charge in [0.2, 0.25) is 5.91 Å². The molecule has 172 valence electrons. The fourth-order valence-electron chi connectivity index (χ4n) is 4.59. The molecule has 0 fully saturated rings. The summed E-state index contributed by atoms with van der Waals surface area (Å²) in [5, 5.41) is 17.8. The molecule has 0 unspecified atom stereocenters. The second-order valence-corrected chi connectivity index (χ2v) is 9.85. The molecule has 1 aliphatic rings. The van der Waals surface area contributed by atoms with E-state index in [0.717, 1.165) is 54.5 Å². The number of hydrogen-bond acceptors (Lipinski definition) is 6. The Balaban J connectivity index is 1.41. The number of carbonyl (C=O) groups excluding carboxylic acids is 1. The van der Waals surface area contributed by atoms with Gasteiger partial charge in [-0.15, -0.1) is 11.3 Å². The highest BCUT2D eigenvalue weighted by Crippen LogP contribution is 2.37. The summed E-state index contributed by atoms with van der Waals surface area (Å²) in [6.07, 6.45) is 7.99. The smallest absolute Gasteiger partial charge is 0.264 e. The molecule has 9 heteroatoms. The molecule has 0 bridgehead atoms. The number of rotatable bonds is 4. The van der Waals surface area contributed by atoms with E-state index in [1.807, 2.05) is 26.0 Å². The number of amides is 1. The normalized spacial score (nSPS) is 13.3. The summed E-state index contributed by atoms with van der Waals surface area (Å²) in [4.78, 5) is 31.5. The van der Waals surface area contributed by atoms with Gasteiger partial charge in [0.15, 0.2) is 5.65 Å². The first-order valence-electron chi connectivity index (χ1n) is 11.3. The first-order valence-corrected chi connectivity index (χ1v) is 12.1. The Morgan fingerprint density at radius 2 is 1.94 bits per heavy atom. The van der Waals surface area contributed by atoms with Gasteiger partial charge in [-0.05, 0) is 68.4 Å². The Morgan fingerprint density at radius 3 is 2.71 bits per heavy atom. The zero-order valence-corrected chi connectivity index (χ0v) is 19.9. The lowest BCUT2D eigenvalue weighted by Gasteiger charge is -2.08. The SMILES string of the molecule is Cc1cc(C)cc(-n2ncc3c(=O)n(CC(=O)Nc4sc5c(c4C#N)CCCCC5)cnc32)c1. The summed E-state index contributed by atoms with van der Waals surface area (Å²) in [5.74, 6) is -0.363. The molecule has 4 aromatic rings. The Bertz CT molecular complexity index is 1500. The quantitative estimate of drug-likeness (QED) is 0.451. The largest absolute Gasteiger partial charge is 0.315 e. The van der Waals surface area contributed by atoms with E-state index in [1.54, 1.807) is 4.68 Å². The zero-order chi connectivity index (χ0) is 23.8. The first kappa shape index (κ1) is 22.0. The van der Waals surface area contributed by atoms with Crippen LogP contribution in [0.3, 0.4) is 0 Å². The van der Waals surface area contributed by atoms with E-state index in [9.17, 15) is 14.9 Å². The molecular formula is C25H24N6O2S. The topological polar surface area (TPSA) is 106 Å². The van der Waals surface area contributed by atoms with E-state index in [4.69, 9.17) is 0 Å². The van der Waals surface area contributed by atoms with Crippen LogP contribution >= 0.6 is 11.3 Å². The highest BCUT2D eigenvalue weighted by molar-refractivity contribution is 7.16. The maximum atomic E-state index is 13.1. The molecule has 8 nitrogen and oxygen atoms in total. The van der Waals surface area contributed by atoms with Gasteiger partial charge in [-0.2, -0.15) is 10.4 Å². The molecule has 3 heterocycles. The molecule has 0 atom stereocenters. The third kappa shape index (κ3) is 4.01. The first-order chi connectivity index (χ1) is 16.4. The second kappa shape index (κ2) is 8.88. The summed E-state index contributed by atoms with van der Waals surface area (Å²) >= 11 is 1.48. The fourth-order valence-corrected chi connectivity index (χ4v) is 5.85. The third-order valence-electron chi connectivity index (χ3n) is 6.11. The maximum Gasteiger partial charge on any atom is 0.264 e. The minimum absolute atomic E-state index is 0.191. The van der Waals surface area contributed by atoms with Crippen molar-refractivity contribution >= 4 is 33.3 Å². The van der Waals surface area contributed by atoms with E-state index in [1.165, 1.54) is 33.3 Å². The fraction of sp³-hybridized carbons (Fsp3) is 0.320. The lowest BCUT2D eigenvalue weighted by Crippen LogP contribution is -2.27. The number of fused-ring (bicyclic) bond motifs is 2. The van der Waals surface area contributed by atoms with Crippen molar-refractivity contribution in [3.63, 3.8) is 0 Å². The van der Waals surface area contributed by atoms with E-state index < -0.39 is 0 Å². The number of benzene rings is 1. The summed E-state index contributed by atoms with van der Waals surface area (Å²) in [7, 11) is 0. The van der Waals surface area contributed by atoms with Gasteiger partial charge in [-0.25, -0.2) is 9.67 Å². The van der Waals surface area contributed by atoms with Crippen LogP contribution < -0.4 is 10.9 Å². The van der Waals surface area contributed by atoms with Crippen LogP contribution in [-0.2, 0) is 24.2 Å². The van der Waals surface area contributed by atoms with Crippen LogP contribution in [0.5, 0.6) is 0 Å². The molecule has 3 aromatic heterocycles. The number of carbonyl (C=O) groups is 1. The van der Waals surface area contributed by atoms with Crippen molar-refractivity contribution in [1.82, 2.24) is 19.3 Å². The molecule has 1 aliphatic carbocycles. The highest BCUT2D eigenvalue weighted by Gasteiger charge is 2.21. The van der Waals surface area contributed by atoms with E-state index in [2.05, 4.69) is 27.5 Å². The molecular weight excluding hydrogens is 448 g/mol. The van der Waals surface area contributed by atoms with Crippen LogP contribution in [-0.4, -0.2) is 25.2 Å². The summed E-state index contributed by atoms with van der Waals surface area (Å²) in [6.45, 7) is 3.82. The second-order valence-electron chi connectivity index (χ2n) is 8.75. The standard InChI is InChI=1S/C25H24N6O2S/c1-15-8-16(2)10-17(9-15)31-23-20(12-28-31)25(33)30(14-27-23)13-22(32)29-24-19(11-26)18-6-4-3-5-7-21(18)34-24/h8-10,12,14H,3-7,13H2,1-2H3,(H,29,32). The van der Waals surface area contributed by atoms with Crippen LogP contribution in [0.2, 0.25) is 0 Å². The van der Waals surface area contributed by atoms with Gasteiger partial charge in [0.1, 0.15) is 29.3 Å².